The zero-order valence-electron chi connectivity index (χ0n) is 14.0. The van der Waals surface area contributed by atoms with Crippen LogP contribution in [0.4, 0.5) is 11.4 Å². The van der Waals surface area contributed by atoms with Crippen LogP contribution < -0.4 is 15.4 Å². The maximum Gasteiger partial charge on any atom is 0.265 e. The predicted molar refractivity (Wildman–Crippen MR) is 95.9 cm³/mol. The van der Waals surface area contributed by atoms with E-state index in [1.54, 1.807) is 18.2 Å². The monoisotopic (exact) mass is 341 g/mol. The number of carbonyl (C=O) groups excluding carboxylic acids is 2. The summed E-state index contributed by atoms with van der Waals surface area (Å²) in [5.41, 5.74) is 1.84. The molecule has 0 atom stereocenters. The fraction of sp³-hybridized carbons (Fsp3) is 0.167. The summed E-state index contributed by atoms with van der Waals surface area (Å²) < 4.78 is 5.19. The molecule has 0 heterocycles. The van der Waals surface area contributed by atoms with Crippen LogP contribution in [0.2, 0.25) is 0 Å². The Bertz CT molecular complexity index is 760. The van der Waals surface area contributed by atoms with Crippen LogP contribution in [0.15, 0.2) is 53.7 Å². The van der Waals surface area contributed by atoms with Gasteiger partial charge in [-0.1, -0.05) is 35.5 Å². The number of hydrogen-bond acceptors (Lipinski definition) is 5. The summed E-state index contributed by atoms with van der Waals surface area (Å²) >= 11 is 0. The Labute approximate surface area is 145 Å². The van der Waals surface area contributed by atoms with E-state index >= 15 is 0 Å². The molecule has 130 valence electrons. The Hall–Kier alpha value is -3.35. The second kappa shape index (κ2) is 9.07. The molecule has 0 aliphatic rings. The molecule has 0 radical (unpaired) electrons. The SMILES string of the molecule is COc1ccc(NC(C)=O)cc1NC(=O)CO/N=C/c1ccccc1. The van der Waals surface area contributed by atoms with Crippen molar-refractivity contribution in [3.8, 4) is 5.75 Å². The van der Waals surface area contributed by atoms with E-state index in [1.165, 1.54) is 20.2 Å². The molecule has 0 saturated carbocycles. The second-order valence-corrected chi connectivity index (χ2v) is 5.06. The van der Waals surface area contributed by atoms with Gasteiger partial charge in [-0.25, -0.2) is 0 Å². The number of hydrogen-bond donors (Lipinski definition) is 2. The highest BCUT2D eigenvalue weighted by atomic mass is 16.6. The normalized spacial score (nSPS) is 10.3. The van der Waals surface area contributed by atoms with E-state index in [0.29, 0.717) is 17.1 Å². The maximum atomic E-state index is 12.0. The molecule has 0 aromatic heterocycles. The topological polar surface area (TPSA) is 89.0 Å². The number of benzene rings is 2. The lowest BCUT2D eigenvalue weighted by molar-refractivity contribution is -0.120. The quantitative estimate of drug-likeness (QED) is 0.598. The third-order valence-corrected chi connectivity index (χ3v) is 3.07. The standard InChI is InChI=1S/C18H19N3O4/c1-13(22)20-15-8-9-17(24-2)16(10-15)21-18(23)12-25-19-11-14-6-4-3-5-7-14/h3-11H,12H2,1-2H3,(H,20,22)(H,21,23)/b19-11+. The molecule has 0 aliphatic carbocycles. The van der Waals surface area contributed by atoms with Crippen LogP contribution in [-0.2, 0) is 14.4 Å². The van der Waals surface area contributed by atoms with Crippen molar-refractivity contribution in [2.24, 2.45) is 5.16 Å². The average Bonchev–Trinajstić information content (AvgIpc) is 2.59. The minimum absolute atomic E-state index is 0.207. The second-order valence-electron chi connectivity index (χ2n) is 5.06. The van der Waals surface area contributed by atoms with E-state index in [4.69, 9.17) is 9.57 Å². The Balaban J connectivity index is 1.92. The van der Waals surface area contributed by atoms with E-state index in [2.05, 4.69) is 15.8 Å². The van der Waals surface area contributed by atoms with Gasteiger partial charge in [-0.15, -0.1) is 0 Å². The van der Waals surface area contributed by atoms with Gasteiger partial charge in [0.15, 0.2) is 6.61 Å². The molecule has 7 heteroatoms. The summed E-state index contributed by atoms with van der Waals surface area (Å²) in [6.45, 7) is 1.15. The number of anilines is 2. The highest BCUT2D eigenvalue weighted by molar-refractivity contribution is 5.95. The molecular weight excluding hydrogens is 322 g/mol. The van der Waals surface area contributed by atoms with Gasteiger partial charge in [0, 0.05) is 12.6 Å². The number of nitrogens with zero attached hydrogens (tertiary/aromatic N) is 1. The zero-order chi connectivity index (χ0) is 18.1. The van der Waals surface area contributed by atoms with E-state index in [1.807, 2.05) is 30.3 Å². The van der Waals surface area contributed by atoms with Crippen LogP contribution >= 0.6 is 0 Å². The molecule has 0 saturated heterocycles. The van der Waals surface area contributed by atoms with E-state index < -0.39 is 5.91 Å². The highest BCUT2D eigenvalue weighted by Crippen LogP contribution is 2.27. The van der Waals surface area contributed by atoms with Crippen molar-refractivity contribution in [2.45, 2.75) is 6.92 Å². The lowest BCUT2D eigenvalue weighted by Crippen LogP contribution is -2.18. The Kier molecular flexibility index (Phi) is 6.53. The minimum Gasteiger partial charge on any atom is -0.495 e. The van der Waals surface area contributed by atoms with Crippen LogP contribution in [0, 0.1) is 0 Å². The number of ether oxygens (including phenoxy) is 1. The molecule has 0 fully saturated rings. The lowest BCUT2D eigenvalue weighted by Gasteiger charge is -2.12. The lowest BCUT2D eigenvalue weighted by atomic mass is 10.2. The predicted octanol–water partition coefficient (Wildman–Crippen LogP) is 2.64. The van der Waals surface area contributed by atoms with E-state index in [-0.39, 0.29) is 12.5 Å². The van der Waals surface area contributed by atoms with Crippen molar-refractivity contribution in [2.75, 3.05) is 24.4 Å². The molecule has 2 amide bonds. The zero-order valence-corrected chi connectivity index (χ0v) is 14.0. The summed E-state index contributed by atoms with van der Waals surface area (Å²) in [5.74, 6) is -0.139. The molecule has 25 heavy (non-hydrogen) atoms. The van der Waals surface area contributed by atoms with Gasteiger partial charge in [0.05, 0.1) is 19.0 Å². The highest BCUT2D eigenvalue weighted by Gasteiger charge is 2.09. The molecule has 0 spiro atoms. The number of nitrogens with one attached hydrogen (secondary N) is 2. The van der Waals surface area contributed by atoms with Crippen LogP contribution in [0.5, 0.6) is 5.75 Å². The van der Waals surface area contributed by atoms with Crippen molar-refractivity contribution in [1.82, 2.24) is 0 Å². The smallest absolute Gasteiger partial charge is 0.265 e. The summed E-state index contributed by atoms with van der Waals surface area (Å²) in [6, 6.07) is 14.3. The fourth-order valence-electron chi connectivity index (χ4n) is 2.01. The number of oxime groups is 1. The molecule has 2 rings (SSSR count). The number of methoxy groups -OCH3 is 1. The summed E-state index contributed by atoms with van der Waals surface area (Å²) in [7, 11) is 1.49. The first-order chi connectivity index (χ1) is 12.1. The van der Waals surface area contributed by atoms with Gasteiger partial charge in [-0.3, -0.25) is 9.59 Å². The fourth-order valence-corrected chi connectivity index (χ4v) is 2.01. The Morgan fingerprint density at radius 2 is 1.88 bits per heavy atom. The van der Waals surface area contributed by atoms with Crippen molar-refractivity contribution in [1.29, 1.82) is 0 Å². The molecule has 7 nitrogen and oxygen atoms in total. The largest absolute Gasteiger partial charge is 0.495 e. The first-order valence-electron chi connectivity index (χ1n) is 7.54. The van der Waals surface area contributed by atoms with Crippen LogP contribution in [0.25, 0.3) is 0 Å². The van der Waals surface area contributed by atoms with Gasteiger partial charge in [0.2, 0.25) is 5.91 Å². The van der Waals surface area contributed by atoms with E-state index in [0.717, 1.165) is 5.56 Å². The van der Waals surface area contributed by atoms with Gasteiger partial charge in [-0.2, -0.15) is 0 Å². The Morgan fingerprint density at radius 1 is 1.12 bits per heavy atom. The molecule has 2 aromatic carbocycles. The molecule has 2 N–H and O–H groups in total. The third-order valence-electron chi connectivity index (χ3n) is 3.07. The van der Waals surface area contributed by atoms with Gasteiger partial charge in [0.25, 0.3) is 5.91 Å². The molecule has 2 aromatic rings. The third kappa shape index (κ3) is 5.98. The van der Waals surface area contributed by atoms with Crippen LogP contribution in [0.3, 0.4) is 0 Å². The number of rotatable bonds is 7. The van der Waals surface area contributed by atoms with Crippen molar-refractivity contribution < 1.29 is 19.2 Å². The van der Waals surface area contributed by atoms with Crippen LogP contribution in [-0.4, -0.2) is 31.7 Å². The first kappa shape index (κ1) is 18.0. The van der Waals surface area contributed by atoms with Crippen LogP contribution in [0.1, 0.15) is 12.5 Å². The van der Waals surface area contributed by atoms with Crippen molar-refractivity contribution >= 4 is 29.4 Å². The van der Waals surface area contributed by atoms with Crippen molar-refractivity contribution in [3.05, 3.63) is 54.1 Å². The summed E-state index contributed by atoms with van der Waals surface area (Å²) in [5, 5.41) is 9.05. The average molecular weight is 341 g/mol. The summed E-state index contributed by atoms with van der Waals surface area (Å²) in [4.78, 5) is 28.1. The van der Waals surface area contributed by atoms with Gasteiger partial charge in [0.1, 0.15) is 5.75 Å². The maximum absolute atomic E-state index is 12.0. The molecule has 0 bridgehead atoms. The summed E-state index contributed by atoms with van der Waals surface area (Å²) in [6.07, 6.45) is 1.52. The van der Waals surface area contributed by atoms with Gasteiger partial charge < -0.3 is 20.2 Å². The first-order valence-corrected chi connectivity index (χ1v) is 7.54. The molecular formula is C18H19N3O4. The minimum atomic E-state index is -0.400. The molecule has 0 unspecified atom stereocenters. The van der Waals surface area contributed by atoms with E-state index in [9.17, 15) is 9.59 Å². The Morgan fingerprint density at radius 3 is 2.56 bits per heavy atom. The van der Waals surface area contributed by atoms with Gasteiger partial charge in [-0.05, 0) is 23.8 Å². The number of amides is 2. The molecule has 0 aliphatic heterocycles. The number of carbonyl (C=O) groups is 2. The van der Waals surface area contributed by atoms with Crippen molar-refractivity contribution in [3.63, 3.8) is 0 Å². The van der Waals surface area contributed by atoms with Gasteiger partial charge >= 0.3 is 0 Å².